The molecule has 1 saturated heterocycles. The lowest BCUT2D eigenvalue weighted by Gasteiger charge is -2.23. The van der Waals surface area contributed by atoms with E-state index in [1.165, 1.54) is 24.0 Å². The summed E-state index contributed by atoms with van der Waals surface area (Å²) in [4.78, 5) is 0. The highest BCUT2D eigenvalue weighted by Crippen LogP contribution is 2.26. The molecule has 1 fully saturated rings. The summed E-state index contributed by atoms with van der Waals surface area (Å²) >= 11 is 0. The van der Waals surface area contributed by atoms with E-state index in [2.05, 4.69) is 18.3 Å². The van der Waals surface area contributed by atoms with Gasteiger partial charge in [0.25, 0.3) is 0 Å². The van der Waals surface area contributed by atoms with Crippen molar-refractivity contribution in [3.8, 4) is 5.75 Å². The maximum atomic E-state index is 9.93. The van der Waals surface area contributed by atoms with E-state index < -0.39 is 0 Å². The minimum absolute atomic E-state index is 0.466. The molecular weight excluding hydrogens is 198 g/mol. The molecule has 0 bridgehead atoms. The Morgan fingerprint density at radius 1 is 1.31 bits per heavy atom. The van der Waals surface area contributed by atoms with Gasteiger partial charge in [0.05, 0.1) is 0 Å². The number of hydrogen-bond acceptors (Lipinski definition) is 2. The number of piperidine rings is 1. The molecule has 88 valence electrons. The summed E-state index contributed by atoms with van der Waals surface area (Å²) < 4.78 is 0. The minimum Gasteiger partial charge on any atom is -0.508 e. The van der Waals surface area contributed by atoms with E-state index in [-0.39, 0.29) is 0 Å². The van der Waals surface area contributed by atoms with Crippen molar-refractivity contribution in [1.29, 1.82) is 0 Å². The van der Waals surface area contributed by atoms with Crippen LogP contribution >= 0.6 is 0 Å². The maximum Gasteiger partial charge on any atom is 0.119 e. The molecule has 1 unspecified atom stereocenters. The average molecular weight is 219 g/mol. The summed E-state index contributed by atoms with van der Waals surface area (Å²) in [5.74, 6) is 1.15. The molecule has 2 nitrogen and oxygen atoms in total. The van der Waals surface area contributed by atoms with Crippen LogP contribution < -0.4 is 5.32 Å². The van der Waals surface area contributed by atoms with Crippen LogP contribution in [0.2, 0.25) is 0 Å². The van der Waals surface area contributed by atoms with Crippen molar-refractivity contribution in [3.05, 3.63) is 28.8 Å². The minimum atomic E-state index is 0.466. The van der Waals surface area contributed by atoms with Crippen molar-refractivity contribution in [1.82, 2.24) is 5.32 Å². The van der Waals surface area contributed by atoms with Gasteiger partial charge in [-0.05, 0) is 74.9 Å². The Kier molecular flexibility index (Phi) is 3.49. The van der Waals surface area contributed by atoms with Crippen LogP contribution in [0.15, 0.2) is 12.1 Å². The van der Waals surface area contributed by atoms with Crippen molar-refractivity contribution in [2.75, 3.05) is 13.1 Å². The van der Waals surface area contributed by atoms with E-state index in [0.717, 1.165) is 25.1 Å². The topological polar surface area (TPSA) is 32.3 Å². The van der Waals surface area contributed by atoms with Gasteiger partial charge in [-0.25, -0.2) is 0 Å². The molecule has 1 aliphatic rings. The first-order valence-corrected chi connectivity index (χ1v) is 6.16. The van der Waals surface area contributed by atoms with Crippen molar-refractivity contribution in [2.45, 2.75) is 33.1 Å². The molecule has 0 aromatic heterocycles. The Bertz CT molecular complexity index is 367. The number of benzene rings is 1. The normalized spacial score (nSPS) is 21.0. The van der Waals surface area contributed by atoms with Crippen molar-refractivity contribution in [3.63, 3.8) is 0 Å². The molecule has 0 amide bonds. The van der Waals surface area contributed by atoms with Crippen molar-refractivity contribution < 1.29 is 5.11 Å². The molecule has 1 aliphatic heterocycles. The van der Waals surface area contributed by atoms with Crippen molar-refractivity contribution >= 4 is 0 Å². The second-order valence-electron chi connectivity index (χ2n) is 4.98. The number of hydrogen-bond donors (Lipinski definition) is 2. The Hall–Kier alpha value is -1.02. The van der Waals surface area contributed by atoms with Crippen LogP contribution in [0.4, 0.5) is 0 Å². The summed E-state index contributed by atoms with van der Waals surface area (Å²) in [5.41, 5.74) is 3.55. The highest BCUT2D eigenvalue weighted by atomic mass is 16.3. The van der Waals surface area contributed by atoms with Crippen LogP contribution in [0, 0.1) is 19.8 Å². The fraction of sp³-hybridized carbons (Fsp3) is 0.571. The van der Waals surface area contributed by atoms with Crippen LogP contribution in [0.5, 0.6) is 5.75 Å². The maximum absolute atomic E-state index is 9.93. The van der Waals surface area contributed by atoms with Gasteiger partial charge < -0.3 is 10.4 Å². The molecule has 2 N–H and O–H groups in total. The Morgan fingerprint density at radius 2 is 2.06 bits per heavy atom. The first-order chi connectivity index (χ1) is 7.66. The first kappa shape index (κ1) is 11.5. The van der Waals surface area contributed by atoms with Gasteiger partial charge in [-0.3, -0.25) is 0 Å². The molecule has 2 heteroatoms. The second kappa shape index (κ2) is 4.88. The molecule has 0 spiro atoms. The van der Waals surface area contributed by atoms with Gasteiger partial charge in [0, 0.05) is 0 Å². The molecule has 0 radical (unpaired) electrons. The van der Waals surface area contributed by atoms with Gasteiger partial charge in [0.15, 0.2) is 0 Å². The number of nitrogens with one attached hydrogen (secondary N) is 1. The first-order valence-electron chi connectivity index (χ1n) is 6.16. The zero-order valence-electron chi connectivity index (χ0n) is 10.2. The lowest BCUT2D eigenvalue weighted by molar-refractivity contribution is 0.369. The van der Waals surface area contributed by atoms with E-state index >= 15 is 0 Å². The van der Waals surface area contributed by atoms with Crippen LogP contribution in [0.25, 0.3) is 0 Å². The van der Waals surface area contributed by atoms with E-state index in [4.69, 9.17) is 0 Å². The fourth-order valence-electron chi connectivity index (χ4n) is 2.43. The second-order valence-corrected chi connectivity index (χ2v) is 4.98. The average Bonchev–Trinajstić information content (AvgIpc) is 2.27. The van der Waals surface area contributed by atoms with Crippen LogP contribution in [0.3, 0.4) is 0 Å². The fourth-order valence-corrected chi connectivity index (χ4v) is 2.43. The number of phenols is 1. The molecule has 1 aromatic rings. The largest absolute Gasteiger partial charge is 0.508 e. The molecule has 1 aromatic carbocycles. The number of aromatic hydroxyl groups is 1. The molecular formula is C14H21NO. The summed E-state index contributed by atoms with van der Waals surface area (Å²) in [7, 11) is 0. The summed E-state index contributed by atoms with van der Waals surface area (Å²) in [6.45, 7) is 6.39. The van der Waals surface area contributed by atoms with Gasteiger partial charge >= 0.3 is 0 Å². The smallest absolute Gasteiger partial charge is 0.119 e. The van der Waals surface area contributed by atoms with Crippen LogP contribution in [-0.4, -0.2) is 18.2 Å². The van der Waals surface area contributed by atoms with Gasteiger partial charge in [-0.1, -0.05) is 6.07 Å². The van der Waals surface area contributed by atoms with Gasteiger partial charge in [-0.2, -0.15) is 0 Å². The third-order valence-corrected chi connectivity index (χ3v) is 3.60. The molecule has 16 heavy (non-hydrogen) atoms. The summed E-state index contributed by atoms with van der Waals surface area (Å²) in [6, 6.07) is 4.03. The molecule has 2 rings (SSSR count). The van der Waals surface area contributed by atoms with Gasteiger partial charge in [0.2, 0.25) is 0 Å². The SMILES string of the molecule is Cc1cc(O)c(CC2CCCNC2)cc1C. The zero-order chi connectivity index (χ0) is 11.5. The highest BCUT2D eigenvalue weighted by molar-refractivity contribution is 5.41. The van der Waals surface area contributed by atoms with E-state index in [9.17, 15) is 5.11 Å². The zero-order valence-corrected chi connectivity index (χ0v) is 10.2. The van der Waals surface area contributed by atoms with Gasteiger partial charge in [-0.15, -0.1) is 0 Å². The van der Waals surface area contributed by atoms with Crippen LogP contribution in [-0.2, 0) is 6.42 Å². The predicted octanol–water partition coefficient (Wildman–Crippen LogP) is 2.55. The molecule has 1 atom stereocenters. The monoisotopic (exact) mass is 219 g/mol. The van der Waals surface area contributed by atoms with Crippen LogP contribution in [0.1, 0.15) is 29.5 Å². The predicted molar refractivity (Wildman–Crippen MR) is 66.9 cm³/mol. The summed E-state index contributed by atoms with van der Waals surface area (Å²) in [5, 5.41) is 13.3. The lowest BCUT2D eigenvalue weighted by atomic mass is 9.90. The third-order valence-electron chi connectivity index (χ3n) is 3.60. The summed E-state index contributed by atoms with van der Waals surface area (Å²) in [6.07, 6.45) is 3.54. The Balaban J connectivity index is 2.11. The third kappa shape index (κ3) is 2.56. The Labute approximate surface area is 97.7 Å². The van der Waals surface area contributed by atoms with Gasteiger partial charge in [0.1, 0.15) is 5.75 Å². The number of rotatable bonds is 2. The number of aryl methyl sites for hydroxylation is 2. The number of phenolic OH excluding ortho intramolecular Hbond substituents is 1. The quantitative estimate of drug-likeness (QED) is 0.801. The Morgan fingerprint density at radius 3 is 2.75 bits per heavy atom. The standard InChI is InChI=1S/C14H21NO/c1-10-6-13(14(16)7-11(10)2)8-12-4-3-5-15-9-12/h6-7,12,15-16H,3-5,8-9H2,1-2H3. The molecule has 0 saturated carbocycles. The molecule has 0 aliphatic carbocycles. The van der Waals surface area contributed by atoms with Crippen molar-refractivity contribution in [2.24, 2.45) is 5.92 Å². The van der Waals surface area contributed by atoms with E-state index in [1.54, 1.807) is 0 Å². The van der Waals surface area contributed by atoms with E-state index in [0.29, 0.717) is 11.7 Å². The van der Waals surface area contributed by atoms with E-state index in [1.807, 2.05) is 13.0 Å². The highest BCUT2D eigenvalue weighted by Gasteiger charge is 2.15. The lowest BCUT2D eigenvalue weighted by Crippen LogP contribution is -2.30. The molecule has 1 heterocycles.